The monoisotopic (exact) mass is 296 g/mol. The predicted molar refractivity (Wildman–Crippen MR) is 78.2 cm³/mol. The number of halogens is 2. The van der Waals surface area contributed by atoms with Crippen molar-refractivity contribution in [2.24, 2.45) is 0 Å². The van der Waals surface area contributed by atoms with Gasteiger partial charge in [0.2, 0.25) is 0 Å². The van der Waals surface area contributed by atoms with E-state index in [1.54, 1.807) is 24.5 Å². The largest absolute Gasteiger partial charge is 0.456 e. The standard InChI is InChI=1S/C14H14Cl2N2O/c1-2-17-7-10-3-4-12(6-14(10)16)19-13-5-11(15)8-18-9-13/h3-6,8-9,17H,2,7H2,1H3. The Balaban J connectivity index is 2.11. The average Bonchev–Trinajstić information content (AvgIpc) is 2.38. The summed E-state index contributed by atoms with van der Waals surface area (Å²) in [6, 6.07) is 7.31. The molecule has 0 fully saturated rings. The highest BCUT2D eigenvalue weighted by Gasteiger charge is 2.04. The summed E-state index contributed by atoms with van der Waals surface area (Å²) >= 11 is 12.0. The first-order valence-corrected chi connectivity index (χ1v) is 6.72. The molecule has 0 aliphatic carbocycles. The van der Waals surface area contributed by atoms with E-state index in [1.807, 2.05) is 12.1 Å². The Morgan fingerprint density at radius 3 is 2.68 bits per heavy atom. The Labute approximate surface area is 122 Å². The molecule has 100 valence electrons. The highest BCUT2D eigenvalue weighted by molar-refractivity contribution is 6.31. The predicted octanol–water partition coefficient (Wildman–Crippen LogP) is 4.29. The average molecular weight is 297 g/mol. The van der Waals surface area contributed by atoms with Crippen molar-refractivity contribution in [2.75, 3.05) is 6.54 Å². The fourth-order valence-corrected chi connectivity index (χ4v) is 1.98. The lowest BCUT2D eigenvalue weighted by Gasteiger charge is -2.09. The number of benzene rings is 1. The molecule has 1 aromatic carbocycles. The maximum atomic E-state index is 6.20. The van der Waals surface area contributed by atoms with Crippen LogP contribution < -0.4 is 10.1 Å². The zero-order valence-electron chi connectivity index (χ0n) is 10.5. The fourth-order valence-electron chi connectivity index (χ4n) is 1.58. The molecular formula is C14H14Cl2N2O. The van der Waals surface area contributed by atoms with Gasteiger partial charge in [-0.3, -0.25) is 4.98 Å². The third-order valence-corrected chi connectivity index (χ3v) is 3.06. The molecule has 0 atom stereocenters. The van der Waals surface area contributed by atoms with Gasteiger partial charge in [-0.05, 0) is 24.2 Å². The molecule has 2 aromatic rings. The molecule has 19 heavy (non-hydrogen) atoms. The Morgan fingerprint density at radius 2 is 2.00 bits per heavy atom. The van der Waals surface area contributed by atoms with Gasteiger partial charge in [-0.1, -0.05) is 36.2 Å². The van der Waals surface area contributed by atoms with Crippen LogP contribution in [0.2, 0.25) is 10.0 Å². The molecule has 0 aliphatic heterocycles. The van der Waals surface area contributed by atoms with E-state index in [1.165, 1.54) is 0 Å². The molecule has 0 saturated carbocycles. The summed E-state index contributed by atoms with van der Waals surface area (Å²) in [7, 11) is 0. The lowest BCUT2D eigenvalue weighted by molar-refractivity contribution is 0.480. The molecule has 0 bridgehead atoms. The van der Waals surface area contributed by atoms with E-state index in [2.05, 4.69) is 17.2 Å². The lowest BCUT2D eigenvalue weighted by atomic mass is 10.2. The number of hydrogen-bond acceptors (Lipinski definition) is 3. The van der Waals surface area contributed by atoms with Gasteiger partial charge >= 0.3 is 0 Å². The van der Waals surface area contributed by atoms with Crippen molar-refractivity contribution in [3.8, 4) is 11.5 Å². The van der Waals surface area contributed by atoms with Gasteiger partial charge in [0.25, 0.3) is 0 Å². The molecule has 0 spiro atoms. The van der Waals surface area contributed by atoms with Crippen LogP contribution in [0.5, 0.6) is 11.5 Å². The lowest BCUT2D eigenvalue weighted by Crippen LogP contribution is -2.11. The molecule has 2 rings (SSSR count). The highest BCUT2D eigenvalue weighted by atomic mass is 35.5. The maximum absolute atomic E-state index is 6.20. The van der Waals surface area contributed by atoms with E-state index in [-0.39, 0.29) is 0 Å². The molecule has 0 unspecified atom stereocenters. The number of aromatic nitrogens is 1. The van der Waals surface area contributed by atoms with E-state index in [0.29, 0.717) is 21.5 Å². The van der Waals surface area contributed by atoms with Gasteiger partial charge in [0, 0.05) is 23.8 Å². The number of hydrogen-bond donors (Lipinski definition) is 1. The van der Waals surface area contributed by atoms with Crippen molar-refractivity contribution in [1.82, 2.24) is 10.3 Å². The normalized spacial score (nSPS) is 10.5. The fraction of sp³-hybridized carbons (Fsp3) is 0.214. The third-order valence-electron chi connectivity index (χ3n) is 2.51. The van der Waals surface area contributed by atoms with Crippen LogP contribution in [0, 0.1) is 0 Å². The number of nitrogens with one attached hydrogen (secondary N) is 1. The molecule has 0 saturated heterocycles. The van der Waals surface area contributed by atoms with Crippen molar-refractivity contribution in [2.45, 2.75) is 13.5 Å². The van der Waals surface area contributed by atoms with Crippen LogP contribution in [0.4, 0.5) is 0 Å². The van der Waals surface area contributed by atoms with Gasteiger partial charge in [-0.2, -0.15) is 0 Å². The summed E-state index contributed by atoms with van der Waals surface area (Å²) < 4.78 is 5.65. The molecule has 1 aromatic heterocycles. The molecule has 5 heteroatoms. The number of ether oxygens (including phenoxy) is 1. The smallest absolute Gasteiger partial charge is 0.147 e. The number of nitrogens with zero attached hydrogens (tertiary/aromatic N) is 1. The summed E-state index contributed by atoms with van der Waals surface area (Å²) in [6.45, 7) is 3.70. The summed E-state index contributed by atoms with van der Waals surface area (Å²) in [5.74, 6) is 1.25. The van der Waals surface area contributed by atoms with E-state index in [4.69, 9.17) is 27.9 Å². The summed E-state index contributed by atoms with van der Waals surface area (Å²) in [5, 5.41) is 4.44. The number of rotatable bonds is 5. The Morgan fingerprint density at radius 1 is 1.16 bits per heavy atom. The van der Waals surface area contributed by atoms with Crippen molar-refractivity contribution in [1.29, 1.82) is 0 Å². The van der Waals surface area contributed by atoms with Gasteiger partial charge in [0.15, 0.2) is 0 Å². The van der Waals surface area contributed by atoms with Crippen LogP contribution in [-0.2, 0) is 6.54 Å². The van der Waals surface area contributed by atoms with Crippen molar-refractivity contribution in [3.05, 3.63) is 52.3 Å². The van der Waals surface area contributed by atoms with Crippen molar-refractivity contribution in [3.63, 3.8) is 0 Å². The van der Waals surface area contributed by atoms with Crippen LogP contribution in [-0.4, -0.2) is 11.5 Å². The Hall–Kier alpha value is -1.29. The first-order valence-electron chi connectivity index (χ1n) is 5.96. The van der Waals surface area contributed by atoms with Crippen LogP contribution in [0.25, 0.3) is 0 Å². The second-order valence-corrected chi connectivity index (χ2v) is 4.82. The molecule has 1 heterocycles. The van der Waals surface area contributed by atoms with Crippen LogP contribution in [0.1, 0.15) is 12.5 Å². The summed E-state index contributed by atoms with van der Waals surface area (Å²) in [5.41, 5.74) is 1.04. The maximum Gasteiger partial charge on any atom is 0.147 e. The molecule has 3 nitrogen and oxygen atoms in total. The van der Waals surface area contributed by atoms with E-state index in [9.17, 15) is 0 Å². The quantitative estimate of drug-likeness (QED) is 0.894. The first-order chi connectivity index (χ1) is 9.19. The molecule has 0 aliphatic rings. The minimum atomic E-state index is 0.535. The zero-order chi connectivity index (χ0) is 13.7. The van der Waals surface area contributed by atoms with E-state index in [0.717, 1.165) is 18.7 Å². The first kappa shape index (κ1) is 14.1. The summed E-state index contributed by atoms with van der Waals surface area (Å²) in [4.78, 5) is 3.96. The van der Waals surface area contributed by atoms with Crippen molar-refractivity contribution < 1.29 is 4.74 Å². The van der Waals surface area contributed by atoms with Crippen LogP contribution in [0.15, 0.2) is 36.7 Å². The van der Waals surface area contributed by atoms with E-state index < -0.39 is 0 Å². The van der Waals surface area contributed by atoms with Gasteiger partial charge in [0.05, 0.1) is 11.2 Å². The van der Waals surface area contributed by atoms with Crippen molar-refractivity contribution >= 4 is 23.2 Å². The molecular weight excluding hydrogens is 283 g/mol. The molecule has 0 amide bonds. The molecule has 1 N–H and O–H groups in total. The van der Waals surface area contributed by atoms with Gasteiger partial charge in [0.1, 0.15) is 11.5 Å². The molecule has 0 radical (unpaired) electrons. The van der Waals surface area contributed by atoms with E-state index >= 15 is 0 Å². The zero-order valence-corrected chi connectivity index (χ0v) is 12.0. The third kappa shape index (κ3) is 4.10. The minimum absolute atomic E-state index is 0.535. The van der Waals surface area contributed by atoms with Crippen LogP contribution in [0.3, 0.4) is 0 Å². The summed E-state index contributed by atoms with van der Waals surface area (Å²) in [6.07, 6.45) is 3.16. The SMILES string of the molecule is CCNCc1ccc(Oc2cncc(Cl)c2)cc1Cl. The Kier molecular flexibility index (Phi) is 5.02. The van der Waals surface area contributed by atoms with Gasteiger partial charge in [-0.25, -0.2) is 0 Å². The van der Waals surface area contributed by atoms with Gasteiger partial charge in [-0.15, -0.1) is 0 Å². The van der Waals surface area contributed by atoms with Gasteiger partial charge < -0.3 is 10.1 Å². The second kappa shape index (κ2) is 6.75. The topological polar surface area (TPSA) is 34.1 Å². The minimum Gasteiger partial charge on any atom is -0.456 e. The second-order valence-electron chi connectivity index (χ2n) is 3.97. The number of pyridine rings is 1. The van der Waals surface area contributed by atoms with Crippen LogP contribution >= 0.6 is 23.2 Å². The Bertz CT molecular complexity index is 561. The highest BCUT2D eigenvalue weighted by Crippen LogP contribution is 2.27.